The van der Waals surface area contributed by atoms with Crippen molar-refractivity contribution < 1.29 is 9.13 Å². The van der Waals surface area contributed by atoms with E-state index >= 15 is 0 Å². The van der Waals surface area contributed by atoms with Crippen molar-refractivity contribution in [1.29, 1.82) is 0 Å². The highest BCUT2D eigenvalue weighted by Gasteiger charge is 2.19. The fourth-order valence-corrected chi connectivity index (χ4v) is 2.38. The van der Waals surface area contributed by atoms with E-state index in [1.807, 2.05) is 0 Å². The molecule has 8 heteroatoms. The van der Waals surface area contributed by atoms with Crippen LogP contribution in [0.3, 0.4) is 0 Å². The number of hydrogen-bond acceptors (Lipinski definition) is 5. The molecular weight excluding hydrogens is 287 g/mol. The van der Waals surface area contributed by atoms with E-state index in [4.69, 9.17) is 4.74 Å². The summed E-state index contributed by atoms with van der Waals surface area (Å²) >= 11 is 0. The Bertz CT molecular complexity index is 677. The highest BCUT2D eigenvalue weighted by Crippen LogP contribution is 2.29. The molecule has 0 spiro atoms. The van der Waals surface area contributed by atoms with Gasteiger partial charge < -0.3 is 4.74 Å². The zero-order valence-electron chi connectivity index (χ0n) is 12.0. The van der Waals surface area contributed by atoms with Crippen LogP contribution in [0.15, 0.2) is 43.5 Å². The van der Waals surface area contributed by atoms with Crippen molar-refractivity contribution in [3.8, 4) is 5.75 Å². The molecule has 0 aliphatic rings. The third kappa shape index (κ3) is 3.11. The van der Waals surface area contributed by atoms with Gasteiger partial charge in [-0.2, -0.15) is 10.2 Å². The molecular formula is C14H15FN6O. The van der Waals surface area contributed by atoms with Gasteiger partial charge in [-0.3, -0.25) is 9.36 Å². The molecule has 0 aliphatic carbocycles. The SMILES string of the molecule is COc1cc(F)ccc1C(Cn1cncn1)Cn1cncn1. The molecule has 3 rings (SSSR count). The van der Waals surface area contributed by atoms with E-state index in [0.717, 1.165) is 5.56 Å². The fourth-order valence-electron chi connectivity index (χ4n) is 2.38. The van der Waals surface area contributed by atoms with Crippen LogP contribution in [0, 0.1) is 5.82 Å². The largest absolute Gasteiger partial charge is 0.496 e. The summed E-state index contributed by atoms with van der Waals surface area (Å²) in [7, 11) is 1.53. The van der Waals surface area contributed by atoms with Gasteiger partial charge in [0.15, 0.2) is 0 Å². The molecule has 0 unspecified atom stereocenters. The maximum Gasteiger partial charge on any atom is 0.137 e. The van der Waals surface area contributed by atoms with Crippen molar-refractivity contribution in [1.82, 2.24) is 29.5 Å². The Hall–Kier alpha value is -2.77. The first kappa shape index (κ1) is 14.2. The van der Waals surface area contributed by atoms with E-state index in [0.29, 0.717) is 18.8 Å². The summed E-state index contributed by atoms with van der Waals surface area (Å²) in [5.41, 5.74) is 0.884. The van der Waals surface area contributed by atoms with Crippen LogP contribution in [0.2, 0.25) is 0 Å². The third-order valence-electron chi connectivity index (χ3n) is 3.38. The van der Waals surface area contributed by atoms with Gasteiger partial charge in [-0.15, -0.1) is 0 Å². The molecule has 0 aliphatic heterocycles. The smallest absolute Gasteiger partial charge is 0.137 e. The number of halogens is 1. The van der Waals surface area contributed by atoms with Crippen molar-refractivity contribution in [2.75, 3.05) is 7.11 Å². The van der Waals surface area contributed by atoms with E-state index in [1.54, 1.807) is 28.1 Å². The van der Waals surface area contributed by atoms with Crippen molar-refractivity contribution in [3.05, 3.63) is 54.9 Å². The topological polar surface area (TPSA) is 70.7 Å². The Morgan fingerprint density at radius 1 is 1.09 bits per heavy atom. The van der Waals surface area contributed by atoms with E-state index in [-0.39, 0.29) is 11.7 Å². The van der Waals surface area contributed by atoms with Gasteiger partial charge >= 0.3 is 0 Å². The third-order valence-corrected chi connectivity index (χ3v) is 3.38. The molecule has 0 fully saturated rings. The van der Waals surface area contributed by atoms with Crippen LogP contribution in [-0.2, 0) is 13.1 Å². The van der Waals surface area contributed by atoms with Crippen molar-refractivity contribution >= 4 is 0 Å². The Balaban J connectivity index is 1.93. The molecule has 2 heterocycles. The summed E-state index contributed by atoms with van der Waals surface area (Å²) in [5, 5.41) is 8.26. The van der Waals surface area contributed by atoms with Crippen molar-refractivity contribution in [2.24, 2.45) is 0 Å². The maximum absolute atomic E-state index is 13.4. The average Bonchev–Trinajstić information content (AvgIpc) is 3.20. The Labute approximate surface area is 126 Å². The number of hydrogen-bond donors (Lipinski definition) is 0. The van der Waals surface area contributed by atoms with Crippen molar-refractivity contribution in [2.45, 2.75) is 19.0 Å². The number of methoxy groups -OCH3 is 1. The molecule has 0 N–H and O–H groups in total. The van der Waals surface area contributed by atoms with E-state index in [9.17, 15) is 4.39 Å². The maximum atomic E-state index is 13.4. The summed E-state index contributed by atoms with van der Waals surface area (Å²) in [6.45, 7) is 1.14. The average molecular weight is 302 g/mol. The standard InChI is InChI=1S/C14H15FN6O/c1-22-14-4-12(15)2-3-13(14)11(5-20-9-16-7-18-20)6-21-10-17-8-19-21/h2-4,7-11H,5-6H2,1H3. The molecule has 0 radical (unpaired) electrons. The first-order valence-electron chi connectivity index (χ1n) is 6.74. The van der Waals surface area contributed by atoms with Gasteiger partial charge in [-0.05, 0) is 6.07 Å². The molecule has 3 aromatic rings. The summed E-state index contributed by atoms with van der Waals surface area (Å²) in [5.74, 6) is 0.157. The number of nitrogens with zero attached hydrogens (tertiary/aromatic N) is 6. The molecule has 0 atom stereocenters. The molecule has 0 amide bonds. The van der Waals surface area contributed by atoms with Crippen LogP contribution in [0.1, 0.15) is 11.5 Å². The van der Waals surface area contributed by atoms with Gasteiger partial charge in [0.2, 0.25) is 0 Å². The predicted octanol–water partition coefficient (Wildman–Crippen LogP) is 1.50. The molecule has 114 valence electrons. The molecule has 2 aromatic heterocycles. The highest BCUT2D eigenvalue weighted by molar-refractivity contribution is 5.36. The quantitative estimate of drug-likeness (QED) is 0.690. The van der Waals surface area contributed by atoms with Crippen LogP contribution in [0.4, 0.5) is 4.39 Å². The van der Waals surface area contributed by atoms with Gasteiger partial charge in [0, 0.05) is 17.5 Å². The summed E-state index contributed by atoms with van der Waals surface area (Å²) in [6.07, 6.45) is 6.25. The van der Waals surface area contributed by atoms with Gasteiger partial charge in [-0.25, -0.2) is 14.4 Å². The lowest BCUT2D eigenvalue weighted by molar-refractivity contribution is 0.382. The molecule has 0 bridgehead atoms. The van der Waals surface area contributed by atoms with Crippen LogP contribution in [0.25, 0.3) is 0 Å². The highest BCUT2D eigenvalue weighted by atomic mass is 19.1. The summed E-state index contributed by atoms with van der Waals surface area (Å²) < 4.78 is 22.2. The van der Waals surface area contributed by atoms with Gasteiger partial charge in [0.25, 0.3) is 0 Å². The first-order chi connectivity index (χ1) is 10.8. The normalized spacial score (nSPS) is 11.0. The second-order valence-electron chi connectivity index (χ2n) is 4.82. The number of rotatable bonds is 6. The van der Waals surface area contributed by atoms with Gasteiger partial charge in [-0.1, -0.05) is 6.07 Å². The fraction of sp³-hybridized carbons (Fsp3) is 0.286. The van der Waals surface area contributed by atoms with E-state index in [1.165, 1.54) is 31.9 Å². The minimum Gasteiger partial charge on any atom is -0.496 e. The van der Waals surface area contributed by atoms with E-state index < -0.39 is 0 Å². The lowest BCUT2D eigenvalue weighted by Crippen LogP contribution is -2.17. The van der Waals surface area contributed by atoms with Gasteiger partial charge in [0.1, 0.15) is 36.9 Å². The van der Waals surface area contributed by atoms with E-state index in [2.05, 4.69) is 20.2 Å². The minimum absolute atomic E-state index is 0.0149. The number of benzene rings is 1. The van der Waals surface area contributed by atoms with Crippen LogP contribution in [0.5, 0.6) is 5.75 Å². The minimum atomic E-state index is -0.333. The number of aromatic nitrogens is 6. The molecule has 1 aromatic carbocycles. The lowest BCUT2D eigenvalue weighted by atomic mass is 9.97. The first-order valence-corrected chi connectivity index (χ1v) is 6.74. The van der Waals surface area contributed by atoms with Crippen LogP contribution >= 0.6 is 0 Å². The Kier molecular flexibility index (Phi) is 4.08. The zero-order chi connectivity index (χ0) is 15.4. The van der Waals surface area contributed by atoms with Crippen LogP contribution in [-0.4, -0.2) is 36.6 Å². The molecule has 0 saturated carbocycles. The second-order valence-corrected chi connectivity index (χ2v) is 4.82. The molecule has 7 nitrogen and oxygen atoms in total. The summed E-state index contributed by atoms with van der Waals surface area (Å²) in [6, 6.07) is 4.53. The second kappa shape index (κ2) is 6.33. The predicted molar refractivity (Wildman–Crippen MR) is 75.7 cm³/mol. The Morgan fingerprint density at radius 2 is 1.73 bits per heavy atom. The zero-order valence-corrected chi connectivity index (χ0v) is 12.0. The Morgan fingerprint density at radius 3 is 2.23 bits per heavy atom. The molecule has 0 saturated heterocycles. The van der Waals surface area contributed by atoms with Gasteiger partial charge in [0.05, 0.1) is 20.2 Å². The number of ether oxygens (including phenoxy) is 1. The monoisotopic (exact) mass is 302 g/mol. The molecule has 22 heavy (non-hydrogen) atoms. The summed E-state index contributed by atoms with van der Waals surface area (Å²) in [4.78, 5) is 7.90. The van der Waals surface area contributed by atoms with Crippen LogP contribution < -0.4 is 4.74 Å². The lowest BCUT2D eigenvalue weighted by Gasteiger charge is -2.19. The van der Waals surface area contributed by atoms with Crippen molar-refractivity contribution in [3.63, 3.8) is 0 Å².